The number of likely N-dealkylation sites (N-methyl/N-ethyl adjacent to an activating group) is 1. The minimum atomic E-state index is 0.0544. The van der Waals surface area contributed by atoms with E-state index in [1.807, 2.05) is 38.1 Å². The maximum absolute atomic E-state index is 8.78. The van der Waals surface area contributed by atoms with Crippen LogP contribution in [0.3, 0.4) is 0 Å². The van der Waals surface area contributed by atoms with Crippen molar-refractivity contribution in [1.82, 2.24) is 4.90 Å². The van der Waals surface area contributed by atoms with E-state index < -0.39 is 0 Å². The molecule has 0 aliphatic carbocycles. The lowest BCUT2D eigenvalue weighted by molar-refractivity contribution is 0.244. The molecule has 1 aromatic carbocycles. The van der Waals surface area contributed by atoms with Crippen LogP contribution in [-0.2, 0) is 0 Å². The molecule has 5 heteroatoms. The molecule has 5 nitrogen and oxygen atoms in total. The van der Waals surface area contributed by atoms with E-state index >= 15 is 0 Å². The smallest absolute Gasteiger partial charge is 0.161 e. The van der Waals surface area contributed by atoms with Crippen LogP contribution in [0, 0.1) is 22.7 Å². The molecule has 0 saturated carbocycles. The molecule has 0 spiro atoms. The van der Waals surface area contributed by atoms with Crippen LogP contribution in [-0.4, -0.2) is 38.8 Å². The van der Waals surface area contributed by atoms with Gasteiger partial charge in [-0.25, -0.2) is 0 Å². The van der Waals surface area contributed by atoms with E-state index in [2.05, 4.69) is 0 Å². The van der Waals surface area contributed by atoms with Crippen LogP contribution >= 0.6 is 0 Å². The topological polar surface area (TPSA) is 69.3 Å². The molecule has 21 heavy (non-hydrogen) atoms. The van der Waals surface area contributed by atoms with Crippen molar-refractivity contribution in [3.8, 4) is 23.6 Å². The van der Waals surface area contributed by atoms with Gasteiger partial charge in [-0.1, -0.05) is 6.07 Å². The summed E-state index contributed by atoms with van der Waals surface area (Å²) in [4.78, 5) is 2.03. The van der Waals surface area contributed by atoms with Gasteiger partial charge in [0.2, 0.25) is 0 Å². The van der Waals surface area contributed by atoms with Gasteiger partial charge < -0.3 is 14.4 Å². The molecule has 0 amide bonds. The number of ether oxygens (including phenoxy) is 2. The Morgan fingerprint density at radius 1 is 1.19 bits per heavy atom. The molecule has 1 aromatic rings. The predicted molar refractivity (Wildman–Crippen MR) is 80.9 cm³/mol. The summed E-state index contributed by atoms with van der Waals surface area (Å²) in [5.41, 5.74) is 0.787. The second-order valence-corrected chi connectivity index (χ2v) is 4.57. The lowest BCUT2D eigenvalue weighted by Crippen LogP contribution is -2.19. The molecule has 0 atom stereocenters. The van der Waals surface area contributed by atoms with E-state index in [0.29, 0.717) is 24.7 Å². The summed E-state index contributed by atoms with van der Waals surface area (Å²) in [5.74, 6) is 1.27. The number of allylic oxidation sites excluding steroid dienone is 1. The third-order valence-electron chi connectivity index (χ3n) is 2.62. The number of benzene rings is 1. The summed E-state index contributed by atoms with van der Waals surface area (Å²) in [7, 11) is 3.96. The van der Waals surface area contributed by atoms with Crippen molar-refractivity contribution in [2.45, 2.75) is 6.92 Å². The standard InChI is InChI=1S/C16H19N3O2/c1-4-20-16-10-13(9-14(11-17)12-18)5-6-15(16)21-8-7-19(2)3/h5-6,9-10H,4,7-8H2,1-3H3. The molecule has 110 valence electrons. The van der Waals surface area contributed by atoms with E-state index in [-0.39, 0.29) is 5.57 Å². The van der Waals surface area contributed by atoms with Crippen molar-refractivity contribution in [3.05, 3.63) is 29.3 Å². The number of hydrogen-bond acceptors (Lipinski definition) is 5. The SMILES string of the molecule is CCOc1cc(C=C(C#N)C#N)ccc1OCCN(C)C. The molecule has 0 bridgehead atoms. The molecule has 1 rings (SSSR count). The van der Waals surface area contributed by atoms with Gasteiger partial charge in [-0.05, 0) is 44.8 Å². The van der Waals surface area contributed by atoms with Crippen LogP contribution in [0.4, 0.5) is 0 Å². The fraction of sp³-hybridized carbons (Fsp3) is 0.375. The fourth-order valence-corrected chi connectivity index (χ4v) is 1.60. The molecular formula is C16H19N3O2. The zero-order valence-electron chi connectivity index (χ0n) is 12.6. The average molecular weight is 285 g/mol. The molecule has 0 fully saturated rings. The Hall–Kier alpha value is -2.50. The summed E-state index contributed by atoms with van der Waals surface area (Å²) in [6.07, 6.45) is 1.52. The zero-order valence-corrected chi connectivity index (χ0v) is 12.6. The Labute approximate surface area is 125 Å². The highest BCUT2D eigenvalue weighted by molar-refractivity contribution is 5.64. The number of nitrogens with zero attached hydrogens (tertiary/aromatic N) is 3. The van der Waals surface area contributed by atoms with Crippen LogP contribution in [0.5, 0.6) is 11.5 Å². The lowest BCUT2D eigenvalue weighted by atomic mass is 10.1. The van der Waals surface area contributed by atoms with E-state index in [0.717, 1.165) is 12.1 Å². The summed E-state index contributed by atoms with van der Waals surface area (Å²) in [6, 6.07) is 9.02. The molecule has 0 radical (unpaired) electrons. The van der Waals surface area contributed by atoms with Crippen LogP contribution in [0.2, 0.25) is 0 Å². The van der Waals surface area contributed by atoms with Crippen molar-refractivity contribution in [3.63, 3.8) is 0 Å². The monoisotopic (exact) mass is 285 g/mol. The number of hydrogen-bond donors (Lipinski definition) is 0. The predicted octanol–water partition coefficient (Wildman–Crippen LogP) is 2.46. The molecule has 0 heterocycles. The third-order valence-corrected chi connectivity index (χ3v) is 2.62. The highest BCUT2D eigenvalue weighted by atomic mass is 16.5. The number of nitriles is 2. The van der Waals surface area contributed by atoms with Crippen LogP contribution in [0.25, 0.3) is 6.08 Å². The van der Waals surface area contributed by atoms with Gasteiger partial charge in [-0.15, -0.1) is 0 Å². The summed E-state index contributed by atoms with van der Waals surface area (Å²) < 4.78 is 11.2. The maximum Gasteiger partial charge on any atom is 0.161 e. The first kappa shape index (κ1) is 16.6. The Bertz CT molecular complexity index is 564. The van der Waals surface area contributed by atoms with Crippen LogP contribution in [0.15, 0.2) is 23.8 Å². The molecule has 0 aliphatic rings. The van der Waals surface area contributed by atoms with E-state index in [4.69, 9.17) is 20.0 Å². The van der Waals surface area contributed by atoms with Crippen molar-refractivity contribution >= 4 is 6.08 Å². The molecule has 0 saturated heterocycles. The van der Waals surface area contributed by atoms with Gasteiger partial charge >= 0.3 is 0 Å². The first-order valence-electron chi connectivity index (χ1n) is 6.67. The second kappa shape index (κ2) is 8.63. The van der Waals surface area contributed by atoms with E-state index in [9.17, 15) is 0 Å². The summed E-state index contributed by atoms with van der Waals surface area (Å²) >= 11 is 0. The normalized spacial score (nSPS) is 9.62. The van der Waals surface area contributed by atoms with Gasteiger partial charge in [0.1, 0.15) is 24.3 Å². The molecule has 0 aliphatic heterocycles. The first-order valence-corrected chi connectivity index (χ1v) is 6.67. The Morgan fingerprint density at radius 3 is 2.48 bits per heavy atom. The first-order chi connectivity index (χ1) is 10.1. The lowest BCUT2D eigenvalue weighted by Gasteiger charge is -2.14. The van der Waals surface area contributed by atoms with Crippen molar-refractivity contribution < 1.29 is 9.47 Å². The van der Waals surface area contributed by atoms with Gasteiger partial charge in [0, 0.05) is 6.54 Å². The van der Waals surface area contributed by atoms with Crippen molar-refractivity contribution in [2.75, 3.05) is 33.9 Å². The van der Waals surface area contributed by atoms with E-state index in [1.165, 1.54) is 6.08 Å². The number of rotatable bonds is 7. The Morgan fingerprint density at radius 2 is 1.90 bits per heavy atom. The molecule has 0 aromatic heterocycles. The third kappa shape index (κ3) is 5.56. The largest absolute Gasteiger partial charge is 0.490 e. The zero-order chi connectivity index (χ0) is 15.7. The van der Waals surface area contributed by atoms with Gasteiger partial charge in [0.15, 0.2) is 11.5 Å². The second-order valence-electron chi connectivity index (χ2n) is 4.57. The Kier molecular flexibility index (Phi) is 6.80. The highest BCUT2D eigenvalue weighted by Gasteiger charge is 2.06. The molecular weight excluding hydrogens is 266 g/mol. The maximum atomic E-state index is 8.78. The average Bonchev–Trinajstić information content (AvgIpc) is 2.46. The quantitative estimate of drug-likeness (QED) is 0.720. The summed E-state index contributed by atoms with van der Waals surface area (Å²) in [6.45, 7) is 3.77. The minimum absolute atomic E-state index is 0.0544. The minimum Gasteiger partial charge on any atom is -0.490 e. The van der Waals surface area contributed by atoms with Gasteiger partial charge in [-0.3, -0.25) is 0 Å². The van der Waals surface area contributed by atoms with Gasteiger partial charge in [0.05, 0.1) is 6.61 Å². The molecule has 0 unspecified atom stereocenters. The summed E-state index contributed by atoms with van der Waals surface area (Å²) in [5, 5.41) is 17.6. The highest BCUT2D eigenvalue weighted by Crippen LogP contribution is 2.29. The van der Waals surface area contributed by atoms with Crippen LogP contribution < -0.4 is 9.47 Å². The Balaban J connectivity index is 2.94. The fourth-order valence-electron chi connectivity index (χ4n) is 1.60. The van der Waals surface area contributed by atoms with Crippen LogP contribution in [0.1, 0.15) is 12.5 Å². The van der Waals surface area contributed by atoms with Crippen molar-refractivity contribution in [2.24, 2.45) is 0 Å². The van der Waals surface area contributed by atoms with E-state index in [1.54, 1.807) is 18.2 Å². The molecule has 0 N–H and O–H groups in total. The van der Waals surface area contributed by atoms with Crippen molar-refractivity contribution in [1.29, 1.82) is 10.5 Å². The van der Waals surface area contributed by atoms with Gasteiger partial charge in [-0.2, -0.15) is 10.5 Å². The van der Waals surface area contributed by atoms with Gasteiger partial charge in [0.25, 0.3) is 0 Å².